The van der Waals surface area contributed by atoms with Gasteiger partial charge in [0.15, 0.2) is 11.5 Å². The van der Waals surface area contributed by atoms with E-state index in [4.69, 9.17) is 14.2 Å². The van der Waals surface area contributed by atoms with E-state index >= 15 is 0 Å². The van der Waals surface area contributed by atoms with Crippen molar-refractivity contribution in [3.8, 4) is 11.5 Å². The summed E-state index contributed by atoms with van der Waals surface area (Å²) in [4.78, 5) is 14.1. The molecule has 1 saturated heterocycles. The van der Waals surface area contributed by atoms with Gasteiger partial charge < -0.3 is 14.2 Å². The molecule has 1 aliphatic heterocycles. The van der Waals surface area contributed by atoms with E-state index in [1.165, 1.54) is 0 Å². The van der Waals surface area contributed by atoms with Gasteiger partial charge in [0.05, 0.1) is 36.2 Å². The summed E-state index contributed by atoms with van der Waals surface area (Å²) in [6.07, 6.45) is 1.61. The molecule has 0 aliphatic carbocycles. The Morgan fingerprint density at radius 1 is 1.26 bits per heavy atom. The van der Waals surface area contributed by atoms with E-state index in [2.05, 4.69) is 49.0 Å². The minimum atomic E-state index is -0.146. The van der Waals surface area contributed by atoms with E-state index in [1.54, 1.807) is 6.21 Å². The number of hydrogen-bond acceptors (Lipinski definition) is 6. The summed E-state index contributed by atoms with van der Waals surface area (Å²) in [5, 5.41) is 4.09. The number of amides is 1. The van der Waals surface area contributed by atoms with Crippen molar-refractivity contribution < 1.29 is 19.0 Å². The van der Waals surface area contributed by atoms with Crippen LogP contribution in [0.15, 0.2) is 46.0 Å². The number of carbonyl (C=O) groups is 1. The molecule has 166 valence electrons. The van der Waals surface area contributed by atoms with Crippen LogP contribution in [0, 0.1) is 3.57 Å². The molecule has 0 spiro atoms. The van der Waals surface area contributed by atoms with Gasteiger partial charge in [0.25, 0.3) is 5.91 Å². The van der Waals surface area contributed by atoms with Crippen molar-refractivity contribution in [2.45, 2.75) is 13.5 Å². The van der Waals surface area contributed by atoms with Crippen molar-refractivity contribution in [2.75, 3.05) is 39.5 Å². The third-order valence-corrected chi connectivity index (χ3v) is 5.83. The molecule has 0 bridgehead atoms. The van der Waals surface area contributed by atoms with Gasteiger partial charge in [-0.2, -0.15) is 5.10 Å². The van der Waals surface area contributed by atoms with E-state index < -0.39 is 0 Å². The largest absolute Gasteiger partial charge is 0.490 e. The molecule has 0 atom stereocenters. The Balaban J connectivity index is 1.62. The lowest BCUT2D eigenvalue weighted by atomic mass is 10.2. The second kappa shape index (κ2) is 12.4. The lowest BCUT2D eigenvalue weighted by molar-refractivity contribution is -0.123. The first kappa shape index (κ1) is 24.0. The Bertz CT molecular complexity index is 902. The third-order valence-electron chi connectivity index (χ3n) is 4.50. The van der Waals surface area contributed by atoms with E-state index in [9.17, 15) is 4.79 Å². The second-order valence-electron chi connectivity index (χ2n) is 6.86. The molecule has 0 aromatic heterocycles. The number of nitrogens with one attached hydrogen (secondary N) is 1. The van der Waals surface area contributed by atoms with Crippen molar-refractivity contribution in [2.24, 2.45) is 5.10 Å². The zero-order valence-electron chi connectivity index (χ0n) is 17.3. The van der Waals surface area contributed by atoms with E-state index in [1.807, 2.05) is 48.2 Å². The average molecular weight is 602 g/mol. The molecule has 1 heterocycles. The van der Waals surface area contributed by atoms with Crippen LogP contribution < -0.4 is 14.9 Å². The molecule has 9 heteroatoms. The number of nitrogens with zero attached hydrogens (tertiary/aromatic N) is 2. The summed E-state index contributed by atoms with van der Waals surface area (Å²) in [5.41, 5.74) is 4.47. The van der Waals surface area contributed by atoms with Crippen LogP contribution in [0.4, 0.5) is 0 Å². The summed E-state index contributed by atoms with van der Waals surface area (Å²) in [5.74, 6) is 1.19. The first-order valence-electron chi connectivity index (χ1n) is 10.0. The van der Waals surface area contributed by atoms with Crippen molar-refractivity contribution in [1.82, 2.24) is 10.3 Å². The number of halogens is 2. The molecule has 2 aromatic rings. The minimum Gasteiger partial charge on any atom is -0.490 e. The first-order valence-corrected chi connectivity index (χ1v) is 11.9. The molecule has 1 fully saturated rings. The number of rotatable bonds is 9. The highest BCUT2D eigenvalue weighted by molar-refractivity contribution is 14.1. The number of benzene rings is 2. The Labute approximate surface area is 204 Å². The molecule has 7 nitrogen and oxygen atoms in total. The number of carbonyl (C=O) groups excluding carboxylic acids is 1. The lowest BCUT2D eigenvalue weighted by Crippen LogP contribution is -2.42. The summed E-state index contributed by atoms with van der Waals surface area (Å²) < 4.78 is 19.1. The van der Waals surface area contributed by atoms with Gasteiger partial charge >= 0.3 is 0 Å². The molecule has 3 rings (SSSR count). The SMILES string of the molecule is CCOc1cc(/C=N/NC(=O)CN2CCOCC2)cc(I)c1OCc1ccc(Br)cc1. The van der Waals surface area contributed by atoms with Crippen LogP contribution in [0.3, 0.4) is 0 Å². The van der Waals surface area contributed by atoms with E-state index in [0.717, 1.165) is 32.3 Å². The number of hydrogen-bond donors (Lipinski definition) is 1. The van der Waals surface area contributed by atoms with Gasteiger partial charge in [-0.3, -0.25) is 9.69 Å². The number of hydrazone groups is 1. The minimum absolute atomic E-state index is 0.146. The molecular weight excluding hydrogens is 577 g/mol. The predicted octanol–water partition coefficient (Wildman–Crippen LogP) is 3.81. The topological polar surface area (TPSA) is 72.4 Å². The molecule has 2 aromatic carbocycles. The lowest BCUT2D eigenvalue weighted by Gasteiger charge is -2.25. The van der Waals surface area contributed by atoms with E-state index in [0.29, 0.717) is 44.5 Å². The summed E-state index contributed by atoms with van der Waals surface area (Å²) in [6.45, 7) is 6.03. The quantitative estimate of drug-likeness (QED) is 0.269. The van der Waals surface area contributed by atoms with Crippen LogP contribution in [0.25, 0.3) is 0 Å². The average Bonchev–Trinajstić information content (AvgIpc) is 2.75. The Morgan fingerprint density at radius 3 is 2.71 bits per heavy atom. The van der Waals surface area contributed by atoms with Gasteiger partial charge in [-0.25, -0.2) is 5.43 Å². The first-order chi connectivity index (χ1) is 15.0. The smallest absolute Gasteiger partial charge is 0.254 e. The maximum Gasteiger partial charge on any atom is 0.254 e. The zero-order valence-corrected chi connectivity index (χ0v) is 21.0. The van der Waals surface area contributed by atoms with Crippen molar-refractivity contribution in [3.63, 3.8) is 0 Å². The van der Waals surface area contributed by atoms with Gasteiger partial charge in [-0.1, -0.05) is 28.1 Å². The number of morpholine rings is 1. The van der Waals surface area contributed by atoms with Gasteiger partial charge in [0, 0.05) is 17.6 Å². The molecule has 1 aliphatic rings. The fourth-order valence-electron chi connectivity index (χ4n) is 2.98. The third kappa shape index (κ3) is 7.74. The monoisotopic (exact) mass is 601 g/mol. The van der Waals surface area contributed by atoms with Gasteiger partial charge in [-0.15, -0.1) is 0 Å². The highest BCUT2D eigenvalue weighted by atomic mass is 127. The highest BCUT2D eigenvalue weighted by Crippen LogP contribution is 2.34. The maximum absolute atomic E-state index is 12.1. The van der Waals surface area contributed by atoms with Crippen LogP contribution in [0.5, 0.6) is 11.5 Å². The van der Waals surface area contributed by atoms with Crippen LogP contribution in [-0.4, -0.2) is 56.5 Å². The van der Waals surface area contributed by atoms with Crippen LogP contribution >= 0.6 is 38.5 Å². The summed E-state index contributed by atoms with van der Waals surface area (Å²) in [7, 11) is 0. The molecule has 1 amide bonds. The van der Waals surface area contributed by atoms with Crippen LogP contribution in [0.1, 0.15) is 18.1 Å². The summed E-state index contributed by atoms with van der Waals surface area (Å²) >= 11 is 5.66. The van der Waals surface area contributed by atoms with Crippen LogP contribution in [0.2, 0.25) is 0 Å². The molecule has 1 N–H and O–H groups in total. The molecule has 31 heavy (non-hydrogen) atoms. The fraction of sp³-hybridized carbons (Fsp3) is 0.364. The summed E-state index contributed by atoms with van der Waals surface area (Å²) in [6, 6.07) is 11.8. The molecular formula is C22H25BrIN3O4. The van der Waals surface area contributed by atoms with Crippen molar-refractivity contribution >= 4 is 50.6 Å². The molecule has 0 saturated carbocycles. The van der Waals surface area contributed by atoms with Gasteiger partial charge in [0.2, 0.25) is 0 Å². The maximum atomic E-state index is 12.1. The Morgan fingerprint density at radius 2 is 2.00 bits per heavy atom. The Hall–Kier alpha value is -1.69. The van der Waals surface area contributed by atoms with Crippen molar-refractivity contribution in [1.29, 1.82) is 0 Å². The fourth-order valence-corrected chi connectivity index (χ4v) is 4.02. The van der Waals surface area contributed by atoms with Crippen LogP contribution in [-0.2, 0) is 16.1 Å². The standard InChI is InChI=1S/C22H25BrIN3O4/c1-2-30-20-12-17(13-25-26-21(28)14-27-7-9-29-10-8-27)11-19(24)22(20)31-15-16-3-5-18(23)6-4-16/h3-6,11-13H,2,7-10,14-15H2,1H3,(H,26,28)/b25-13+. The normalized spacial score (nSPS) is 14.5. The van der Waals surface area contributed by atoms with Crippen molar-refractivity contribution in [3.05, 3.63) is 55.6 Å². The Kier molecular flexibility index (Phi) is 9.56. The molecule has 0 unspecified atom stereocenters. The highest BCUT2D eigenvalue weighted by Gasteiger charge is 2.14. The molecule has 0 radical (unpaired) electrons. The number of ether oxygens (including phenoxy) is 3. The van der Waals surface area contributed by atoms with Gasteiger partial charge in [0.1, 0.15) is 6.61 Å². The van der Waals surface area contributed by atoms with E-state index in [-0.39, 0.29) is 5.91 Å². The predicted molar refractivity (Wildman–Crippen MR) is 132 cm³/mol. The second-order valence-corrected chi connectivity index (χ2v) is 8.94. The van der Waals surface area contributed by atoms with Gasteiger partial charge in [-0.05, 0) is 64.9 Å². The zero-order chi connectivity index (χ0) is 22.1.